The first-order chi connectivity index (χ1) is 11.0. The molecule has 120 valence electrons. The summed E-state index contributed by atoms with van der Waals surface area (Å²) in [6.45, 7) is 11.1. The summed E-state index contributed by atoms with van der Waals surface area (Å²) in [5.41, 5.74) is 5.28. The molecule has 0 bridgehead atoms. The maximum Gasteiger partial charge on any atom is 0.158 e. The van der Waals surface area contributed by atoms with E-state index in [1.807, 2.05) is 13.0 Å². The van der Waals surface area contributed by atoms with Gasteiger partial charge in [-0.15, -0.1) is 0 Å². The quantitative estimate of drug-likeness (QED) is 0.857. The first-order valence-electron chi connectivity index (χ1n) is 7.97. The molecule has 1 N–H and O–H groups in total. The normalized spacial score (nSPS) is 12.0. The van der Waals surface area contributed by atoms with E-state index >= 15 is 0 Å². The molecule has 0 spiro atoms. The van der Waals surface area contributed by atoms with Gasteiger partial charge in [-0.25, -0.2) is 0 Å². The SMILES string of the molecule is CC[NH+](Cc1ccccc1)Cn1c(C)c(C)c(C)c(C#N)c1=S. The number of rotatable bonds is 5. The van der Waals surface area contributed by atoms with Crippen molar-refractivity contribution in [1.82, 2.24) is 4.57 Å². The second kappa shape index (κ2) is 7.54. The molecule has 0 aliphatic carbocycles. The van der Waals surface area contributed by atoms with E-state index in [-0.39, 0.29) is 0 Å². The minimum Gasteiger partial charge on any atom is -0.314 e. The summed E-state index contributed by atoms with van der Waals surface area (Å²) in [7, 11) is 0. The molecule has 1 unspecified atom stereocenters. The third-order valence-electron chi connectivity index (χ3n) is 4.63. The van der Waals surface area contributed by atoms with Crippen LogP contribution in [0.2, 0.25) is 0 Å². The van der Waals surface area contributed by atoms with E-state index in [0.29, 0.717) is 10.2 Å². The average molecular weight is 326 g/mol. The van der Waals surface area contributed by atoms with Crippen LogP contribution in [0.5, 0.6) is 0 Å². The second-order valence-electron chi connectivity index (χ2n) is 5.98. The molecule has 0 radical (unpaired) electrons. The number of nitrogens with one attached hydrogen (secondary N) is 1. The van der Waals surface area contributed by atoms with Crippen molar-refractivity contribution >= 4 is 12.2 Å². The number of hydrogen-bond donors (Lipinski definition) is 1. The van der Waals surface area contributed by atoms with Gasteiger partial charge in [0.1, 0.15) is 17.3 Å². The molecule has 1 heterocycles. The Morgan fingerprint density at radius 3 is 2.35 bits per heavy atom. The highest BCUT2D eigenvalue weighted by Crippen LogP contribution is 2.18. The lowest BCUT2D eigenvalue weighted by Crippen LogP contribution is -3.09. The fourth-order valence-electron chi connectivity index (χ4n) is 2.83. The van der Waals surface area contributed by atoms with E-state index in [1.165, 1.54) is 10.5 Å². The molecular formula is C19H24N3S+. The molecule has 1 atom stereocenters. The molecule has 1 aromatic carbocycles. The first kappa shape index (κ1) is 17.4. The largest absolute Gasteiger partial charge is 0.314 e. The zero-order valence-corrected chi connectivity index (χ0v) is 15.1. The Bertz CT molecular complexity index is 785. The molecule has 0 saturated carbocycles. The maximum absolute atomic E-state index is 9.43. The molecule has 0 amide bonds. The fraction of sp³-hybridized carbons (Fsp3) is 0.368. The summed E-state index contributed by atoms with van der Waals surface area (Å²) >= 11 is 5.58. The van der Waals surface area contributed by atoms with Gasteiger partial charge >= 0.3 is 0 Å². The summed E-state index contributed by atoms with van der Waals surface area (Å²) < 4.78 is 2.78. The van der Waals surface area contributed by atoms with Gasteiger partial charge in [-0.1, -0.05) is 42.5 Å². The van der Waals surface area contributed by atoms with Crippen LogP contribution >= 0.6 is 12.2 Å². The van der Waals surface area contributed by atoms with Crippen molar-refractivity contribution < 1.29 is 4.90 Å². The molecule has 23 heavy (non-hydrogen) atoms. The van der Waals surface area contributed by atoms with Gasteiger partial charge in [0.15, 0.2) is 6.67 Å². The zero-order valence-electron chi connectivity index (χ0n) is 14.3. The predicted octanol–water partition coefficient (Wildman–Crippen LogP) is 3.08. The van der Waals surface area contributed by atoms with Crippen LogP contribution in [0.3, 0.4) is 0 Å². The van der Waals surface area contributed by atoms with Gasteiger partial charge in [-0.3, -0.25) is 4.57 Å². The van der Waals surface area contributed by atoms with Crippen LogP contribution in [0.1, 0.15) is 34.9 Å². The Hall–Kier alpha value is -1.96. The number of benzene rings is 1. The van der Waals surface area contributed by atoms with Crippen LogP contribution in [-0.4, -0.2) is 11.1 Å². The van der Waals surface area contributed by atoms with E-state index in [2.05, 4.69) is 55.7 Å². The van der Waals surface area contributed by atoms with Gasteiger partial charge in [0.05, 0.1) is 12.1 Å². The van der Waals surface area contributed by atoms with Crippen molar-refractivity contribution in [3.63, 3.8) is 0 Å². The molecule has 0 saturated heterocycles. The average Bonchev–Trinajstić information content (AvgIpc) is 2.57. The van der Waals surface area contributed by atoms with Gasteiger partial charge in [-0.2, -0.15) is 5.26 Å². The number of pyridine rings is 1. The van der Waals surface area contributed by atoms with Gasteiger partial charge < -0.3 is 4.90 Å². The summed E-state index contributed by atoms with van der Waals surface area (Å²) in [4.78, 5) is 1.42. The molecule has 4 heteroatoms. The van der Waals surface area contributed by atoms with Crippen molar-refractivity contribution in [3.8, 4) is 6.07 Å². The Morgan fingerprint density at radius 2 is 1.78 bits per heavy atom. The van der Waals surface area contributed by atoms with Crippen LogP contribution in [0.4, 0.5) is 0 Å². The van der Waals surface area contributed by atoms with Crippen molar-refractivity contribution in [1.29, 1.82) is 5.26 Å². The van der Waals surface area contributed by atoms with Crippen molar-refractivity contribution in [2.75, 3.05) is 6.54 Å². The number of nitriles is 1. The van der Waals surface area contributed by atoms with Crippen molar-refractivity contribution in [2.45, 2.75) is 40.9 Å². The molecule has 2 rings (SSSR count). The summed E-state index contributed by atoms with van der Waals surface area (Å²) in [6.07, 6.45) is 0. The van der Waals surface area contributed by atoms with E-state index in [0.717, 1.165) is 36.6 Å². The zero-order chi connectivity index (χ0) is 17.0. The van der Waals surface area contributed by atoms with Crippen molar-refractivity contribution in [2.24, 2.45) is 0 Å². The van der Waals surface area contributed by atoms with Crippen LogP contribution in [0.15, 0.2) is 30.3 Å². The van der Waals surface area contributed by atoms with E-state index < -0.39 is 0 Å². The second-order valence-corrected chi connectivity index (χ2v) is 6.37. The number of nitrogens with zero attached hydrogens (tertiary/aromatic N) is 2. The van der Waals surface area contributed by atoms with Crippen LogP contribution in [0.25, 0.3) is 0 Å². The summed E-state index contributed by atoms with van der Waals surface area (Å²) in [5, 5.41) is 9.43. The van der Waals surface area contributed by atoms with Gasteiger partial charge in [0, 0.05) is 11.3 Å². The topological polar surface area (TPSA) is 33.2 Å². The Balaban J connectivity index is 2.37. The molecule has 1 aromatic heterocycles. The lowest BCUT2D eigenvalue weighted by Gasteiger charge is -2.23. The Morgan fingerprint density at radius 1 is 1.13 bits per heavy atom. The van der Waals surface area contributed by atoms with E-state index in [4.69, 9.17) is 12.2 Å². The minimum absolute atomic E-state index is 0.637. The summed E-state index contributed by atoms with van der Waals surface area (Å²) in [5.74, 6) is 0. The number of hydrogen-bond acceptors (Lipinski definition) is 2. The number of aromatic nitrogens is 1. The molecule has 0 fully saturated rings. The highest BCUT2D eigenvalue weighted by Gasteiger charge is 2.15. The third kappa shape index (κ3) is 3.69. The third-order valence-corrected chi connectivity index (χ3v) is 5.06. The maximum atomic E-state index is 9.43. The predicted molar refractivity (Wildman–Crippen MR) is 95.8 cm³/mol. The van der Waals surface area contributed by atoms with Crippen LogP contribution < -0.4 is 4.90 Å². The monoisotopic (exact) mass is 326 g/mol. The standard InChI is InChI=1S/C19H23N3S/c1-5-21(12-17-9-7-6-8-10-17)13-22-16(4)14(2)15(3)18(11-20)19(22)23/h6-10H,5,12-13H2,1-4H3/p+1. The lowest BCUT2D eigenvalue weighted by molar-refractivity contribution is -0.934. The van der Waals surface area contributed by atoms with Crippen LogP contribution in [-0.2, 0) is 13.2 Å². The minimum atomic E-state index is 0.637. The highest BCUT2D eigenvalue weighted by molar-refractivity contribution is 7.71. The molecular weight excluding hydrogens is 302 g/mol. The smallest absolute Gasteiger partial charge is 0.158 e. The Kier molecular flexibility index (Phi) is 5.70. The molecule has 3 nitrogen and oxygen atoms in total. The molecule has 0 aliphatic rings. The van der Waals surface area contributed by atoms with E-state index in [9.17, 15) is 5.26 Å². The fourth-order valence-corrected chi connectivity index (χ4v) is 3.23. The molecule has 0 aliphatic heterocycles. The van der Waals surface area contributed by atoms with E-state index in [1.54, 1.807) is 0 Å². The van der Waals surface area contributed by atoms with Crippen molar-refractivity contribution in [3.05, 3.63) is 62.9 Å². The van der Waals surface area contributed by atoms with Gasteiger partial charge in [0.25, 0.3) is 0 Å². The van der Waals surface area contributed by atoms with Gasteiger partial charge in [0.2, 0.25) is 0 Å². The van der Waals surface area contributed by atoms with Gasteiger partial charge in [-0.05, 0) is 38.8 Å². The first-order valence-corrected chi connectivity index (χ1v) is 8.38. The number of quaternary nitrogens is 1. The highest BCUT2D eigenvalue weighted by atomic mass is 32.1. The van der Waals surface area contributed by atoms with Crippen LogP contribution in [0, 0.1) is 36.7 Å². The lowest BCUT2D eigenvalue weighted by atomic mass is 10.0. The Labute approximate surface area is 143 Å². The molecule has 2 aromatic rings. The summed E-state index contributed by atoms with van der Waals surface area (Å²) in [6, 6.07) is 12.8.